The molecule has 0 saturated carbocycles. The van der Waals surface area contributed by atoms with Gasteiger partial charge in [-0.2, -0.15) is 0 Å². The first-order valence-electron chi connectivity index (χ1n) is 6.89. The van der Waals surface area contributed by atoms with E-state index < -0.39 is 0 Å². The Kier molecular flexibility index (Phi) is 4.88. The minimum Gasteiger partial charge on any atom is -0.396 e. The highest BCUT2D eigenvalue weighted by atomic mass is 16.3. The predicted octanol–water partition coefficient (Wildman–Crippen LogP) is 2.73. The Bertz CT molecular complexity index is 520. The van der Waals surface area contributed by atoms with Gasteiger partial charge in [-0.3, -0.25) is 4.98 Å². The topological polar surface area (TPSA) is 45.1 Å². The number of para-hydroxylation sites is 1. The van der Waals surface area contributed by atoms with Crippen molar-refractivity contribution in [2.45, 2.75) is 32.9 Å². The molecular weight excluding hydrogens is 236 g/mol. The normalized spacial score (nSPS) is 13.1. The number of nitrogens with one attached hydrogen (secondary N) is 1. The number of hydrogen-bond acceptors (Lipinski definition) is 3. The molecule has 19 heavy (non-hydrogen) atoms. The molecule has 0 aliphatic rings. The minimum atomic E-state index is 0.226. The first-order valence-corrected chi connectivity index (χ1v) is 6.89. The lowest BCUT2D eigenvalue weighted by atomic mass is 10.0. The van der Waals surface area contributed by atoms with Gasteiger partial charge >= 0.3 is 0 Å². The molecule has 1 aromatic carbocycles. The van der Waals surface area contributed by atoms with Crippen molar-refractivity contribution in [1.29, 1.82) is 0 Å². The van der Waals surface area contributed by atoms with Gasteiger partial charge in [-0.15, -0.1) is 0 Å². The maximum Gasteiger partial charge on any atom is 0.0746 e. The van der Waals surface area contributed by atoms with Gasteiger partial charge in [-0.05, 0) is 24.0 Å². The van der Waals surface area contributed by atoms with Crippen LogP contribution in [0, 0.1) is 5.92 Å². The lowest BCUT2D eigenvalue weighted by Crippen LogP contribution is -2.34. The molecule has 3 nitrogen and oxygen atoms in total. The molecule has 0 spiro atoms. The summed E-state index contributed by atoms with van der Waals surface area (Å²) in [6, 6.07) is 10.6. The van der Waals surface area contributed by atoms with Crippen LogP contribution in [0.1, 0.15) is 25.8 Å². The van der Waals surface area contributed by atoms with E-state index in [1.165, 1.54) is 10.9 Å². The second-order valence-corrected chi connectivity index (χ2v) is 5.24. The van der Waals surface area contributed by atoms with E-state index in [0.29, 0.717) is 12.0 Å². The van der Waals surface area contributed by atoms with Crippen molar-refractivity contribution in [3.63, 3.8) is 0 Å². The Morgan fingerprint density at radius 2 is 2.00 bits per heavy atom. The molecule has 102 valence electrons. The van der Waals surface area contributed by atoms with Crippen LogP contribution in [0.3, 0.4) is 0 Å². The van der Waals surface area contributed by atoms with Crippen molar-refractivity contribution < 1.29 is 5.11 Å². The Balaban J connectivity index is 2.13. The number of pyridine rings is 1. The van der Waals surface area contributed by atoms with Crippen molar-refractivity contribution in [2.24, 2.45) is 5.92 Å². The van der Waals surface area contributed by atoms with Crippen LogP contribution in [-0.2, 0) is 6.54 Å². The second-order valence-electron chi connectivity index (χ2n) is 5.24. The van der Waals surface area contributed by atoms with E-state index in [-0.39, 0.29) is 6.61 Å². The number of aromatic nitrogens is 1. The number of benzene rings is 1. The van der Waals surface area contributed by atoms with Crippen molar-refractivity contribution in [3.05, 3.63) is 42.1 Å². The SMILES string of the molecule is CC(C)C(CCO)NCc1cccc2cccnc12. The number of aliphatic hydroxyl groups excluding tert-OH is 1. The molecule has 2 aromatic rings. The highest BCUT2D eigenvalue weighted by Crippen LogP contribution is 2.16. The zero-order valence-electron chi connectivity index (χ0n) is 11.6. The molecule has 1 heterocycles. The Morgan fingerprint density at radius 3 is 2.74 bits per heavy atom. The quantitative estimate of drug-likeness (QED) is 0.837. The van der Waals surface area contributed by atoms with Crippen LogP contribution in [-0.4, -0.2) is 22.7 Å². The molecule has 3 heteroatoms. The largest absolute Gasteiger partial charge is 0.396 e. The Hall–Kier alpha value is -1.45. The van der Waals surface area contributed by atoms with Crippen LogP contribution in [0.5, 0.6) is 0 Å². The van der Waals surface area contributed by atoms with Gasteiger partial charge in [0, 0.05) is 30.8 Å². The third-order valence-corrected chi connectivity index (χ3v) is 3.52. The monoisotopic (exact) mass is 258 g/mol. The summed E-state index contributed by atoms with van der Waals surface area (Å²) in [4.78, 5) is 4.46. The number of fused-ring (bicyclic) bond motifs is 1. The number of rotatable bonds is 6. The number of hydrogen-bond donors (Lipinski definition) is 2. The summed E-state index contributed by atoms with van der Waals surface area (Å²) in [5, 5.41) is 13.8. The molecule has 0 aliphatic heterocycles. The maximum atomic E-state index is 9.10. The maximum absolute atomic E-state index is 9.10. The highest BCUT2D eigenvalue weighted by molar-refractivity contribution is 5.81. The van der Waals surface area contributed by atoms with Crippen LogP contribution in [0.15, 0.2) is 36.5 Å². The van der Waals surface area contributed by atoms with E-state index >= 15 is 0 Å². The fourth-order valence-electron chi connectivity index (χ4n) is 2.36. The van der Waals surface area contributed by atoms with Gasteiger partial charge < -0.3 is 10.4 Å². The zero-order valence-corrected chi connectivity index (χ0v) is 11.6. The van der Waals surface area contributed by atoms with E-state index in [1.807, 2.05) is 12.3 Å². The molecule has 0 radical (unpaired) electrons. The Labute approximate surface area is 114 Å². The molecule has 0 fully saturated rings. The van der Waals surface area contributed by atoms with Crippen molar-refractivity contribution in [3.8, 4) is 0 Å². The third-order valence-electron chi connectivity index (χ3n) is 3.52. The van der Waals surface area contributed by atoms with Gasteiger partial charge in [0.1, 0.15) is 0 Å². The fraction of sp³-hybridized carbons (Fsp3) is 0.438. The smallest absolute Gasteiger partial charge is 0.0746 e. The molecule has 0 saturated heterocycles. The van der Waals surface area contributed by atoms with E-state index in [0.717, 1.165) is 18.5 Å². The van der Waals surface area contributed by atoms with Gasteiger partial charge in [0.2, 0.25) is 0 Å². The number of aliphatic hydroxyl groups is 1. The zero-order chi connectivity index (χ0) is 13.7. The molecule has 0 amide bonds. The molecule has 2 rings (SSSR count). The molecule has 2 N–H and O–H groups in total. The summed E-state index contributed by atoms with van der Waals surface area (Å²) in [6.07, 6.45) is 2.62. The fourth-order valence-corrected chi connectivity index (χ4v) is 2.36. The van der Waals surface area contributed by atoms with Gasteiger partial charge in [0.25, 0.3) is 0 Å². The molecule has 1 unspecified atom stereocenters. The standard InChI is InChI=1S/C16H22N2O/c1-12(2)15(8-10-19)18-11-14-6-3-5-13-7-4-9-17-16(13)14/h3-7,9,12,15,18-19H,8,10-11H2,1-2H3. The molecule has 0 bridgehead atoms. The molecule has 1 atom stereocenters. The van der Waals surface area contributed by atoms with Crippen LogP contribution < -0.4 is 5.32 Å². The van der Waals surface area contributed by atoms with Crippen LogP contribution in [0.2, 0.25) is 0 Å². The van der Waals surface area contributed by atoms with Gasteiger partial charge in [-0.1, -0.05) is 38.1 Å². The van der Waals surface area contributed by atoms with Gasteiger partial charge in [0.15, 0.2) is 0 Å². The summed E-state index contributed by atoms with van der Waals surface area (Å²) >= 11 is 0. The summed E-state index contributed by atoms with van der Waals surface area (Å²) in [7, 11) is 0. The summed E-state index contributed by atoms with van der Waals surface area (Å²) in [6.45, 7) is 5.37. The summed E-state index contributed by atoms with van der Waals surface area (Å²) in [5.74, 6) is 0.509. The summed E-state index contributed by atoms with van der Waals surface area (Å²) in [5.41, 5.74) is 2.27. The van der Waals surface area contributed by atoms with Crippen molar-refractivity contribution in [2.75, 3.05) is 6.61 Å². The van der Waals surface area contributed by atoms with Crippen molar-refractivity contribution >= 4 is 10.9 Å². The highest BCUT2D eigenvalue weighted by Gasteiger charge is 2.12. The number of nitrogens with zero attached hydrogens (tertiary/aromatic N) is 1. The third kappa shape index (κ3) is 3.52. The average Bonchev–Trinajstić information content (AvgIpc) is 2.43. The predicted molar refractivity (Wildman–Crippen MR) is 78.9 cm³/mol. The first-order chi connectivity index (χ1) is 9.22. The lowest BCUT2D eigenvalue weighted by Gasteiger charge is -2.21. The second kappa shape index (κ2) is 6.64. The van der Waals surface area contributed by atoms with Crippen LogP contribution >= 0.6 is 0 Å². The molecule has 0 aliphatic carbocycles. The van der Waals surface area contributed by atoms with Crippen LogP contribution in [0.4, 0.5) is 0 Å². The van der Waals surface area contributed by atoms with E-state index in [9.17, 15) is 0 Å². The van der Waals surface area contributed by atoms with E-state index in [4.69, 9.17) is 5.11 Å². The minimum absolute atomic E-state index is 0.226. The Morgan fingerprint density at radius 1 is 1.21 bits per heavy atom. The van der Waals surface area contributed by atoms with E-state index in [2.05, 4.69) is 48.4 Å². The van der Waals surface area contributed by atoms with Gasteiger partial charge in [-0.25, -0.2) is 0 Å². The van der Waals surface area contributed by atoms with Crippen molar-refractivity contribution in [1.82, 2.24) is 10.3 Å². The first kappa shape index (κ1) is 14.0. The molecule has 1 aromatic heterocycles. The van der Waals surface area contributed by atoms with Crippen LogP contribution in [0.25, 0.3) is 10.9 Å². The van der Waals surface area contributed by atoms with E-state index in [1.54, 1.807) is 0 Å². The molecular formula is C16H22N2O. The summed E-state index contributed by atoms with van der Waals surface area (Å²) < 4.78 is 0. The van der Waals surface area contributed by atoms with Gasteiger partial charge in [0.05, 0.1) is 5.52 Å². The average molecular weight is 258 g/mol. The lowest BCUT2D eigenvalue weighted by molar-refractivity contribution is 0.244.